The second-order valence-electron chi connectivity index (χ2n) is 5.05. The second kappa shape index (κ2) is 4.19. The highest BCUT2D eigenvalue weighted by Crippen LogP contribution is 2.41. The fourth-order valence-corrected chi connectivity index (χ4v) is 3.10. The Kier molecular flexibility index (Phi) is 3.13. The van der Waals surface area contributed by atoms with Gasteiger partial charge in [0.25, 0.3) is 0 Å². The topological polar surface area (TPSA) is 29.5 Å². The van der Waals surface area contributed by atoms with Crippen LogP contribution in [0, 0.1) is 11.8 Å². The zero-order valence-electron chi connectivity index (χ0n) is 9.17. The van der Waals surface area contributed by atoms with Gasteiger partial charge in [-0.3, -0.25) is 0 Å². The lowest BCUT2D eigenvalue weighted by molar-refractivity contribution is -0.127. The van der Waals surface area contributed by atoms with Gasteiger partial charge in [-0.15, -0.1) is 0 Å². The summed E-state index contributed by atoms with van der Waals surface area (Å²) in [6.07, 6.45) is 6.93. The Bertz CT molecular complexity index is 187. The van der Waals surface area contributed by atoms with E-state index < -0.39 is 5.60 Å². The van der Waals surface area contributed by atoms with Crippen molar-refractivity contribution in [3.05, 3.63) is 0 Å². The van der Waals surface area contributed by atoms with Gasteiger partial charge >= 0.3 is 0 Å². The highest BCUT2D eigenvalue weighted by molar-refractivity contribution is 4.94. The summed E-state index contributed by atoms with van der Waals surface area (Å²) in [6, 6.07) is 0. The maximum Gasteiger partial charge on any atom is 0.0723 e. The zero-order chi connectivity index (χ0) is 10.0. The van der Waals surface area contributed by atoms with Gasteiger partial charge in [0.2, 0.25) is 0 Å². The van der Waals surface area contributed by atoms with Crippen LogP contribution in [0.15, 0.2) is 0 Å². The molecule has 1 saturated carbocycles. The van der Waals surface area contributed by atoms with E-state index in [-0.39, 0.29) is 0 Å². The van der Waals surface area contributed by atoms with Crippen molar-refractivity contribution in [1.29, 1.82) is 0 Å². The average Bonchev–Trinajstić information content (AvgIpc) is 2.24. The van der Waals surface area contributed by atoms with E-state index in [9.17, 15) is 5.11 Å². The fraction of sp³-hybridized carbons (Fsp3) is 1.00. The van der Waals surface area contributed by atoms with Gasteiger partial charge in [0.1, 0.15) is 0 Å². The van der Waals surface area contributed by atoms with Crippen LogP contribution in [0.25, 0.3) is 0 Å². The quantitative estimate of drug-likeness (QED) is 0.701. The van der Waals surface area contributed by atoms with Crippen molar-refractivity contribution in [3.63, 3.8) is 0 Å². The van der Waals surface area contributed by atoms with Crippen molar-refractivity contribution in [3.8, 4) is 0 Å². The molecule has 14 heavy (non-hydrogen) atoms. The fourth-order valence-electron chi connectivity index (χ4n) is 3.10. The van der Waals surface area contributed by atoms with Gasteiger partial charge in [-0.2, -0.15) is 0 Å². The average molecular weight is 198 g/mol. The van der Waals surface area contributed by atoms with Crippen molar-refractivity contribution in [2.45, 2.75) is 51.0 Å². The Balaban J connectivity index is 2.03. The number of hydrogen-bond donors (Lipinski definition) is 1. The van der Waals surface area contributed by atoms with E-state index >= 15 is 0 Å². The summed E-state index contributed by atoms with van der Waals surface area (Å²) in [4.78, 5) is 0. The van der Waals surface area contributed by atoms with Crippen LogP contribution in [-0.4, -0.2) is 23.9 Å². The summed E-state index contributed by atoms with van der Waals surface area (Å²) in [5.74, 6) is 0.856. The Morgan fingerprint density at radius 3 is 2.71 bits per heavy atom. The Morgan fingerprint density at radius 2 is 2.07 bits per heavy atom. The van der Waals surface area contributed by atoms with Gasteiger partial charge in [-0.05, 0) is 31.6 Å². The van der Waals surface area contributed by atoms with Crippen LogP contribution in [-0.2, 0) is 4.74 Å². The molecule has 82 valence electrons. The number of ether oxygens (including phenoxy) is 1. The van der Waals surface area contributed by atoms with E-state index in [4.69, 9.17) is 4.74 Å². The molecule has 1 saturated heterocycles. The third-order valence-corrected chi connectivity index (χ3v) is 4.19. The molecule has 2 nitrogen and oxygen atoms in total. The summed E-state index contributed by atoms with van der Waals surface area (Å²) in [5, 5.41) is 10.7. The Morgan fingerprint density at radius 1 is 1.21 bits per heavy atom. The van der Waals surface area contributed by atoms with Gasteiger partial charge in [0, 0.05) is 12.5 Å². The second-order valence-corrected chi connectivity index (χ2v) is 5.05. The largest absolute Gasteiger partial charge is 0.389 e. The molecule has 0 bridgehead atoms. The van der Waals surface area contributed by atoms with Crippen molar-refractivity contribution in [2.75, 3.05) is 13.2 Å². The predicted molar refractivity (Wildman–Crippen MR) is 56.1 cm³/mol. The Hall–Kier alpha value is -0.0800. The first-order valence-electron chi connectivity index (χ1n) is 6.03. The summed E-state index contributed by atoms with van der Waals surface area (Å²) in [6.45, 7) is 3.87. The third-order valence-electron chi connectivity index (χ3n) is 4.19. The number of hydrogen-bond acceptors (Lipinski definition) is 2. The van der Waals surface area contributed by atoms with E-state index in [0.717, 1.165) is 32.5 Å². The molecule has 0 radical (unpaired) electrons. The first-order valence-corrected chi connectivity index (χ1v) is 6.03. The van der Waals surface area contributed by atoms with Crippen molar-refractivity contribution < 1.29 is 9.84 Å². The third kappa shape index (κ3) is 1.82. The molecular formula is C12H22O2. The van der Waals surface area contributed by atoms with E-state index in [1.807, 2.05) is 0 Å². The minimum Gasteiger partial charge on any atom is -0.389 e. The molecule has 0 aromatic rings. The van der Waals surface area contributed by atoms with Crippen LogP contribution in [0.4, 0.5) is 0 Å². The van der Waals surface area contributed by atoms with Crippen molar-refractivity contribution in [1.82, 2.24) is 0 Å². The van der Waals surface area contributed by atoms with E-state index in [2.05, 4.69) is 6.92 Å². The standard InChI is InChI=1S/C12H22O2/c1-10-5-2-3-7-12(10,13)11-6-4-8-14-9-11/h10-11,13H,2-9H2,1H3. The minimum absolute atomic E-state index is 0.395. The molecule has 3 unspecified atom stereocenters. The lowest BCUT2D eigenvalue weighted by Gasteiger charge is -2.45. The van der Waals surface area contributed by atoms with Gasteiger partial charge in [-0.1, -0.05) is 19.8 Å². The molecule has 1 aliphatic heterocycles. The first-order chi connectivity index (χ1) is 6.73. The van der Waals surface area contributed by atoms with Crippen LogP contribution in [0.5, 0.6) is 0 Å². The highest BCUT2D eigenvalue weighted by Gasteiger charge is 2.43. The van der Waals surface area contributed by atoms with Crippen LogP contribution in [0.2, 0.25) is 0 Å². The van der Waals surface area contributed by atoms with E-state index in [1.54, 1.807) is 0 Å². The van der Waals surface area contributed by atoms with Crippen molar-refractivity contribution >= 4 is 0 Å². The first kappa shape index (κ1) is 10.4. The Labute approximate surface area is 86.6 Å². The summed E-state index contributed by atoms with van der Waals surface area (Å²) < 4.78 is 5.49. The number of aliphatic hydroxyl groups is 1. The summed E-state index contributed by atoms with van der Waals surface area (Å²) >= 11 is 0. The molecule has 0 spiro atoms. The molecule has 1 N–H and O–H groups in total. The molecule has 3 atom stereocenters. The maximum absolute atomic E-state index is 10.7. The SMILES string of the molecule is CC1CCCCC1(O)C1CCCOC1. The molecular weight excluding hydrogens is 176 g/mol. The van der Waals surface area contributed by atoms with E-state index in [0.29, 0.717) is 11.8 Å². The highest BCUT2D eigenvalue weighted by atomic mass is 16.5. The van der Waals surface area contributed by atoms with Gasteiger partial charge in [-0.25, -0.2) is 0 Å². The normalized spacial score (nSPS) is 45.0. The zero-order valence-corrected chi connectivity index (χ0v) is 9.17. The van der Waals surface area contributed by atoms with Gasteiger partial charge < -0.3 is 9.84 Å². The van der Waals surface area contributed by atoms with Crippen LogP contribution in [0.1, 0.15) is 45.4 Å². The summed E-state index contributed by atoms with van der Waals surface area (Å²) in [5.41, 5.74) is -0.418. The lowest BCUT2D eigenvalue weighted by atomic mass is 9.68. The smallest absolute Gasteiger partial charge is 0.0723 e. The molecule has 0 aromatic carbocycles. The van der Waals surface area contributed by atoms with Crippen molar-refractivity contribution in [2.24, 2.45) is 11.8 Å². The molecule has 0 amide bonds. The van der Waals surface area contributed by atoms with Gasteiger partial charge in [0.05, 0.1) is 12.2 Å². The monoisotopic (exact) mass is 198 g/mol. The molecule has 2 heteroatoms. The summed E-state index contributed by atoms with van der Waals surface area (Å²) in [7, 11) is 0. The molecule has 2 aliphatic rings. The van der Waals surface area contributed by atoms with Crippen LogP contribution >= 0.6 is 0 Å². The maximum atomic E-state index is 10.7. The minimum atomic E-state index is -0.418. The molecule has 1 heterocycles. The molecule has 1 aliphatic carbocycles. The van der Waals surface area contributed by atoms with Gasteiger partial charge in [0.15, 0.2) is 0 Å². The predicted octanol–water partition coefficient (Wildman–Crippen LogP) is 2.35. The lowest BCUT2D eigenvalue weighted by Crippen LogP contribution is -2.49. The molecule has 0 aromatic heterocycles. The number of rotatable bonds is 1. The molecule has 2 fully saturated rings. The van der Waals surface area contributed by atoms with Crippen LogP contribution < -0.4 is 0 Å². The van der Waals surface area contributed by atoms with Crippen LogP contribution in [0.3, 0.4) is 0 Å². The van der Waals surface area contributed by atoms with E-state index in [1.165, 1.54) is 19.3 Å². The molecule has 2 rings (SSSR count).